The minimum absolute atomic E-state index is 0. The topological polar surface area (TPSA) is 38.9 Å². The Kier molecular flexibility index (Phi) is 54.2. The standard InChI is InChI=1S/C11H9N2.2C2H6.3CH4.2CH3.Pt/c12-10-6-2-1-5-9(10)11-7-3-4-8-13-11;2*1-2;;;;;;/h1-4,6-8H,12H2;2*1-2H3;3*1H4;2*1H3;/q-1;;;;;;2*-1;. The van der Waals surface area contributed by atoms with E-state index < -0.39 is 0 Å². The molecule has 0 aliphatic heterocycles. The molecule has 2 rings (SSSR count). The van der Waals surface area contributed by atoms with E-state index in [1.165, 1.54) is 0 Å². The molecule has 0 saturated carbocycles. The van der Waals surface area contributed by atoms with Crippen molar-refractivity contribution in [1.82, 2.24) is 4.98 Å². The number of hydrogen-bond acceptors (Lipinski definition) is 2. The minimum atomic E-state index is 0. The molecule has 0 aliphatic rings. The first-order valence-corrected chi connectivity index (χ1v) is 6.05. The normalized spacial score (nSPS) is 6.09. The molecule has 23 heavy (non-hydrogen) atoms. The first-order chi connectivity index (χ1) is 8.38. The van der Waals surface area contributed by atoms with Crippen molar-refractivity contribution in [2.75, 3.05) is 5.73 Å². The molecule has 0 bridgehead atoms. The van der Waals surface area contributed by atoms with Crippen LogP contribution in [0.3, 0.4) is 0 Å². The van der Waals surface area contributed by atoms with Gasteiger partial charge in [-0.15, -0.1) is 29.8 Å². The van der Waals surface area contributed by atoms with Crippen LogP contribution >= 0.6 is 0 Å². The van der Waals surface area contributed by atoms with Crippen LogP contribution in [0, 0.1) is 20.9 Å². The van der Waals surface area contributed by atoms with Gasteiger partial charge in [0.25, 0.3) is 0 Å². The number of benzene rings is 1. The molecule has 1 aromatic heterocycles. The van der Waals surface area contributed by atoms with Crippen molar-refractivity contribution < 1.29 is 21.1 Å². The number of pyridine rings is 1. The Morgan fingerprint density at radius 2 is 1.39 bits per heavy atom. The molecule has 0 fully saturated rings. The number of anilines is 1. The third kappa shape index (κ3) is 15.5. The molecule has 2 N–H and O–H groups in total. The van der Waals surface area contributed by atoms with Crippen molar-refractivity contribution in [3.63, 3.8) is 0 Å². The molecular weight excluding hydrogens is 463 g/mol. The van der Waals surface area contributed by atoms with Gasteiger partial charge in [0.1, 0.15) is 0 Å². The number of nitrogens with two attached hydrogens (primary N) is 1. The van der Waals surface area contributed by atoms with E-state index in [-0.39, 0.29) is 58.2 Å². The van der Waals surface area contributed by atoms with Crippen LogP contribution < -0.4 is 5.73 Å². The van der Waals surface area contributed by atoms with E-state index in [9.17, 15) is 0 Å². The van der Waals surface area contributed by atoms with E-state index in [1.807, 2.05) is 64.1 Å². The SMILES string of the molecule is C.C.C.CC.CC.Nc1ccc[c-]c1-c1ccccn1.[CH3-].[CH3-].[Pt]. The summed E-state index contributed by atoms with van der Waals surface area (Å²) >= 11 is 0. The zero-order valence-electron chi connectivity index (χ0n) is 13.4. The van der Waals surface area contributed by atoms with Crippen molar-refractivity contribution in [3.05, 3.63) is 63.5 Å². The van der Waals surface area contributed by atoms with Gasteiger partial charge in [-0.1, -0.05) is 67.8 Å². The second-order valence-electron chi connectivity index (χ2n) is 2.72. The summed E-state index contributed by atoms with van der Waals surface area (Å²) in [6, 6.07) is 14.3. The Bertz CT molecular complexity index is 403. The van der Waals surface area contributed by atoms with Crippen molar-refractivity contribution in [2.45, 2.75) is 50.0 Å². The van der Waals surface area contributed by atoms with E-state index in [4.69, 9.17) is 5.73 Å². The van der Waals surface area contributed by atoms with Gasteiger partial charge in [0.2, 0.25) is 0 Å². The molecular formula is C20H39N2Pt-3. The molecule has 0 radical (unpaired) electrons. The fourth-order valence-electron chi connectivity index (χ4n) is 1.18. The summed E-state index contributed by atoms with van der Waals surface area (Å²) in [7, 11) is 0. The van der Waals surface area contributed by atoms with Gasteiger partial charge < -0.3 is 25.6 Å². The molecule has 2 nitrogen and oxygen atoms in total. The third-order valence-electron chi connectivity index (χ3n) is 1.81. The number of aromatic nitrogens is 1. The summed E-state index contributed by atoms with van der Waals surface area (Å²) in [6.07, 6.45) is 1.75. The maximum atomic E-state index is 5.78. The molecule has 1 heterocycles. The quantitative estimate of drug-likeness (QED) is 0.337. The summed E-state index contributed by atoms with van der Waals surface area (Å²) < 4.78 is 0. The monoisotopic (exact) mass is 502 g/mol. The summed E-state index contributed by atoms with van der Waals surface area (Å²) in [4.78, 5) is 4.20. The Labute approximate surface area is 162 Å². The van der Waals surface area contributed by atoms with E-state index in [1.54, 1.807) is 6.20 Å². The van der Waals surface area contributed by atoms with Crippen LogP contribution in [0.1, 0.15) is 50.0 Å². The average Bonchev–Trinajstić information content (AvgIpc) is 2.45. The predicted molar refractivity (Wildman–Crippen MR) is 109 cm³/mol. The summed E-state index contributed by atoms with van der Waals surface area (Å²) in [5.74, 6) is 0. The summed E-state index contributed by atoms with van der Waals surface area (Å²) in [6.45, 7) is 8.00. The molecule has 2 aromatic rings. The van der Waals surface area contributed by atoms with Crippen LogP contribution in [-0.2, 0) is 21.1 Å². The van der Waals surface area contributed by atoms with E-state index in [0.29, 0.717) is 5.69 Å². The molecule has 0 aliphatic carbocycles. The van der Waals surface area contributed by atoms with E-state index >= 15 is 0 Å². The van der Waals surface area contributed by atoms with Gasteiger partial charge in [0.15, 0.2) is 0 Å². The van der Waals surface area contributed by atoms with Gasteiger partial charge in [0, 0.05) is 27.3 Å². The Balaban J connectivity index is -0.0000000478. The second-order valence-corrected chi connectivity index (χ2v) is 2.72. The Hall–Kier alpha value is -1.14. The maximum absolute atomic E-state index is 5.78. The molecule has 0 amide bonds. The second kappa shape index (κ2) is 28.9. The van der Waals surface area contributed by atoms with Crippen LogP contribution in [0.15, 0.2) is 42.6 Å². The molecule has 0 atom stereocenters. The van der Waals surface area contributed by atoms with Crippen LogP contribution in [0.5, 0.6) is 0 Å². The smallest absolute Gasteiger partial charge is 0.0160 e. The Morgan fingerprint density at radius 1 is 0.870 bits per heavy atom. The van der Waals surface area contributed by atoms with Gasteiger partial charge >= 0.3 is 0 Å². The van der Waals surface area contributed by atoms with Gasteiger partial charge in [-0.2, -0.15) is 0 Å². The van der Waals surface area contributed by atoms with Crippen LogP contribution in [-0.4, -0.2) is 4.98 Å². The third-order valence-corrected chi connectivity index (χ3v) is 1.81. The summed E-state index contributed by atoms with van der Waals surface area (Å²) in [5.41, 5.74) is 8.22. The maximum Gasteiger partial charge on any atom is 0.0160 e. The molecule has 3 heteroatoms. The van der Waals surface area contributed by atoms with Crippen LogP contribution in [0.25, 0.3) is 11.3 Å². The molecule has 142 valence electrons. The predicted octanol–water partition coefficient (Wildman–Crippen LogP) is 6.99. The van der Waals surface area contributed by atoms with E-state index in [0.717, 1.165) is 11.3 Å². The van der Waals surface area contributed by atoms with Crippen LogP contribution in [0.4, 0.5) is 5.69 Å². The number of nitrogens with zero attached hydrogens (tertiary/aromatic N) is 1. The van der Waals surface area contributed by atoms with Crippen LogP contribution in [0.2, 0.25) is 0 Å². The van der Waals surface area contributed by atoms with Crippen molar-refractivity contribution in [3.8, 4) is 11.3 Å². The van der Waals surface area contributed by atoms with E-state index in [2.05, 4.69) is 11.1 Å². The van der Waals surface area contributed by atoms with Gasteiger partial charge in [-0.05, 0) is 11.8 Å². The first-order valence-electron chi connectivity index (χ1n) is 6.05. The minimum Gasteiger partial charge on any atom is -0.437 e. The number of hydrogen-bond donors (Lipinski definition) is 1. The number of nitrogen functional groups attached to an aromatic ring is 1. The molecule has 0 spiro atoms. The largest absolute Gasteiger partial charge is 0.437 e. The van der Waals surface area contributed by atoms with Gasteiger partial charge in [-0.25, -0.2) is 0 Å². The molecule has 1 aromatic carbocycles. The zero-order valence-corrected chi connectivity index (χ0v) is 15.7. The summed E-state index contributed by atoms with van der Waals surface area (Å²) in [5, 5.41) is 0. The van der Waals surface area contributed by atoms with Crippen molar-refractivity contribution >= 4 is 5.69 Å². The number of rotatable bonds is 1. The first kappa shape index (κ1) is 43.1. The Morgan fingerprint density at radius 3 is 1.78 bits per heavy atom. The fourth-order valence-corrected chi connectivity index (χ4v) is 1.18. The van der Waals surface area contributed by atoms with Gasteiger partial charge in [0.05, 0.1) is 0 Å². The van der Waals surface area contributed by atoms with Gasteiger partial charge in [-0.3, -0.25) is 0 Å². The fraction of sp³-hybridized carbons (Fsp3) is 0.350. The molecule has 0 saturated heterocycles. The van der Waals surface area contributed by atoms with Crippen molar-refractivity contribution in [1.29, 1.82) is 0 Å². The average molecular weight is 503 g/mol. The van der Waals surface area contributed by atoms with Crippen molar-refractivity contribution in [2.24, 2.45) is 0 Å². The molecule has 0 unspecified atom stereocenters. The zero-order chi connectivity index (χ0) is 13.1.